The van der Waals surface area contributed by atoms with Crippen LogP contribution in [0.4, 0.5) is 0 Å². The zero-order valence-electron chi connectivity index (χ0n) is 15.3. The lowest BCUT2D eigenvalue weighted by Gasteiger charge is -2.22. The van der Waals surface area contributed by atoms with Crippen LogP contribution in [0.5, 0.6) is 0 Å². The Kier molecular flexibility index (Phi) is 5.00. The average Bonchev–Trinajstić information content (AvgIpc) is 2.60. The molecule has 4 heteroatoms. The summed E-state index contributed by atoms with van der Waals surface area (Å²) < 4.78 is 1.79. The molecule has 0 fully saturated rings. The Morgan fingerprint density at radius 3 is 2.56 bits per heavy atom. The van der Waals surface area contributed by atoms with Gasteiger partial charge in [0.15, 0.2) is 0 Å². The largest absolute Gasteiger partial charge is 0.308 e. The van der Waals surface area contributed by atoms with Crippen LogP contribution < -0.4 is 10.9 Å². The molecule has 1 aromatic heterocycles. The Labute approximate surface area is 148 Å². The molecule has 0 bridgehead atoms. The maximum absolute atomic E-state index is 13.3. The minimum absolute atomic E-state index is 0.0103. The fourth-order valence-electron chi connectivity index (χ4n) is 3.34. The summed E-state index contributed by atoms with van der Waals surface area (Å²) in [7, 11) is 0. The van der Waals surface area contributed by atoms with Crippen molar-refractivity contribution in [2.45, 2.75) is 40.2 Å². The van der Waals surface area contributed by atoms with Crippen LogP contribution in [0.25, 0.3) is 16.6 Å². The van der Waals surface area contributed by atoms with E-state index in [9.17, 15) is 4.79 Å². The third-order valence-electron chi connectivity index (χ3n) is 4.57. The van der Waals surface area contributed by atoms with Crippen molar-refractivity contribution in [3.63, 3.8) is 0 Å². The molecule has 130 valence electrons. The van der Waals surface area contributed by atoms with Gasteiger partial charge in [0.05, 0.1) is 22.6 Å². The summed E-state index contributed by atoms with van der Waals surface area (Å²) in [5.41, 5.74) is 3.90. The Hall–Kier alpha value is -2.46. The predicted molar refractivity (Wildman–Crippen MR) is 104 cm³/mol. The third kappa shape index (κ3) is 3.22. The third-order valence-corrected chi connectivity index (χ3v) is 4.57. The van der Waals surface area contributed by atoms with E-state index in [0.29, 0.717) is 5.39 Å². The maximum Gasteiger partial charge on any atom is 0.266 e. The second-order valence-electron chi connectivity index (χ2n) is 6.44. The SMILES string of the molecule is CCNC(CC)c1nc2ccccc2c(=O)n1-c1ccc(C)cc1C. The van der Waals surface area contributed by atoms with Crippen LogP contribution in [0.15, 0.2) is 47.3 Å². The summed E-state index contributed by atoms with van der Waals surface area (Å²) in [5.74, 6) is 0.778. The highest BCUT2D eigenvalue weighted by atomic mass is 16.1. The average molecular weight is 335 g/mol. The molecule has 0 aliphatic carbocycles. The van der Waals surface area contributed by atoms with Gasteiger partial charge in [-0.25, -0.2) is 4.98 Å². The Bertz CT molecular complexity index is 959. The predicted octanol–water partition coefficient (Wildman–Crippen LogP) is 4.06. The highest BCUT2D eigenvalue weighted by Gasteiger charge is 2.20. The van der Waals surface area contributed by atoms with Crippen molar-refractivity contribution in [1.82, 2.24) is 14.9 Å². The quantitative estimate of drug-likeness (QED) is 0.765. The number of hydrogen-bond acceptors (Lipinski definition) is 3. The minimum Gasteiger partial charge on any atom is -0.308 e. The van der Waals surface area contributed by atoms with E-state index < -0.39 is 0 Å². The molecule has 2 aromatic carbocycles. The van der Waals surface area contributed by atoms with Crippen LogP contribution in [0, 0.1) is 13.8 Å². The summed E-state index contributed by atoms with van der Waals surface area (Å²) >= 11 is 0. The first-order valence-corrected chi connectivity index (χ1v) is 8.89. The van der Waals surface area contributed by atoms with Gasteiger partial charge in [0, 0.05) is 0 Å². The van der Waals surface area contributed by atoms with E-state index in [2.05, 4.69) is 32.2 Å². The van der Waals surface area contributed by atoms with Crippen molar-refractivity contribution in [2.24, 2.45) is 0 Å². The molecule has 0 spiro atoms. The molecule has 3 rings (SSSR count). The lowest BCUT2D eigenvalue weighted by molar-refractivity contribution is 0.498. The topological polar surface area (TPSA) is 46.9 Å². The Morgan fingerprint density at radius 2 is 1.88 bits per heavy atom. The van der Waals surface area contributed by atoms with E-state index >= 15 is 0 Å². The van der Waals surface area contributed by atoms with Gasteiger partial charge in [0.1, 0.15) is 5.82 Å². The summed E-state index contributed by atoms with van der Waals surface area (Å²) in [6.07, 6.45) is 0.865. The van der Waals surface area contributed by atoms with Crippen molar-refractivity contribution >= 4 is 10.9 Å². The molecule has 25 heavy (non-hydrogen) atoms. The van der Waals surface area contributed by atoms with E-state index in [1.807, 2.05) is 43.3 Å². The molecule has 0 aliphatic rings. The number of aryl methyl sites for hydroxylation is 2. The second-order valence-corrected chi connectivity index (χ2v) is 6.44. The van der Waals surface area contributed by atoms with Crippen LogP contribution in [-0.2, 0) is 0 Å². The number of nitrogens with one attached hydrogen (secondary N) is 1. The first kappa shape index (κ1) is 17.4. The van der Waals surface area contributed by atoms with Crippen molar-refractivity contribution in [3.05, 3.63) is 69.8 Å². The summed E-state index contributed by atoms with van der Waals surface area (Å²) in [6.45, 7) is 9.12. The van der Waals surface area contributed by atoms with Crippen LogP contribution in [0.3, 0.4) is 0 Å². The van der Waals surface area contributed by atoms with Gasteiger partial charge in [0.2, 0.25) is 0 Å². The zero-order chi connectivity index (χ0) is 18.0. The zero-order valence-corrected chi connectivity index (χ0v) is 15.3. The molecule has 0 saturated heterocycles. The van der Waals surface area contributed by atoms with Gasteiger partial charge in [-0.3, -0.25) is 9.36 Å². The van der Waals surface area contributed by atoms with Gasteiger partial charge in [-0.05, 0) is 50.6 Å². The van der Waals surface area contributed by atoms with E-state index in [0.717, 1.165) is 35.6 Å². The van der Waals surface area contributed by atoms with Gasteiger partial charge in [-0.1, -0.05) is 43.7 Å². The van der Waals surface area contributed by atoms with E-state index in [-0.39, 0.29) is 11.6 Å². The Morgan fingerprint density at radius 1 is 1.12 bits per heavy atom. The molecule has 1 N–H and O–H groups in total. The summed E-state index contributed by atoms with van der Waals surface area (Å²) in [4.78, 5) is 18.2. The standard InChI is InChI=1S/C21H25N3O/c1-5-17(22-6-2)20-23-18-10-8-7-9-16(18)21(25)24(20)19-12-11-14(3)13-15(19)4/h7-13,17,22H,5-6H2,1-4H3. The van der Waals surface area contributed by atoms with Gasteiger partial charge in [-0.2, -0.15) is 0 Å². The monoisotopic (exact) mass is 335 g/mol. The molecule has 0 saturated carbocycles. The number of hydrogen-bond donors (Lipinski definition) is 1. The number of aromatic nitrogens is 2. The molecule has 1 heterocycles. The van der Waals surface area contributed by atoms with E-state index in [4.69, 9.17) is 4.98 Å². The van der Waals surface area contributed by atoms with Crippen molar-refractivity contribution in [2.75, 3.05) is 6.54 Å². The van der Waals surface area contributed by atoms with Crippen LogP contribution in [-0.4, -0.2) is 16.1 Å². The minimum atomic E-state index is -0.0103. The van der Waals surface area contributed by atoms with Gasteiger partial charge in [0.25, 0.3) is 5.56 Å². The van der Waals surface area contributed by atoms with Crippen LogP contribution in [0.2, 0.25) is 0 Å². The van der Waals surface area contributed by atoms with E-state index in [1.54, 1.807) is 4.57 Å². The second kappa shape index (κ2) is 7.19. The lowest BCUT2D eigenvalue weighted by Crippen LogP contribution is -2.31. The van der Waals surface area contributed by atoms with Crippen molar-refractivity contribution in [1.29, 1.82) is 0 Å². The van der Waals surface area contributed by atoms with Crippen LogP contribution >= 0.6 is 0 Å². The van der Waals surface area contributed by atoms with Crippen molar-refractivity contribution in [3.8, 4) is 5.69 Å². The number of para-hydroxylation sites is 1. The first-order valence-electron chi connectivity index (χ1n) is 8.89. The number of nitrogens with zero attached hydrogens (tertiary/aromatic N) is 2. The number of fused-ring (bicyclic) bond motifs is 1. The van der Waals surface area contributed by atoms with E-state index in [1.165, 1.54) is 5.56 Å². The fraction of sp³-hybridized carbons (Fsp3) is 0.333. The molecular formula is C21H25N3O. The van der Waals surface area contributed by atoms with Gasteiger partial charge in [-0.15, -0.1) is 0 Å². The molecular weight excluding hydrogens is 310 g/mol. The van der Waals surface area contributed by atoms with Gasteiger partial charge >= 0.3 is 0 Å². The Balaban J connectivity index is 2.38. The molecule has 4 nitrogen and oxygen atoms in total. The normalized spacial score (nSPS) is 12.5. The highest BCUT2D eigenvalue weighted by Crippen LogP contribution is 2.22. The maximum atomic E-state index is 13.3. The molecule has 1 unspecified atom stereocenters. The molecule has 0 aliphatic heterocycles. The highest BCUT2D eigenvalue weighted by molar-refractivity contribution is 5.78. The number of benzene rings is 2. The van der Waals surface area contributed by atoms with Crippen LogP contribution in [0.1, 0.15) is 43.3 Å². The molecule has 0 amide bonds. The fourth-order valence-corrected chi connectivity index (χ4v) is 3.34. The first-order chi connectivity index (χ1) is 12.1. The van der Waals surface area contributed by atoms with Crippen molar-refractivity contribution < 1.29 is 0 Å². The van der Waals surface area contributed by atoms with Gasteiger partial charge < -0.3 is 5.32 Å². The number of rotatable bonds is 5. The molecule has 3 aromatic rings. The molecule has 1 atom stereocenters. The summed E-state index contributed by atoms with van der Waals surface area (Å²) in [6, 6.07) is 13.8. The lowest BCUT2D eigenvalue weighted by atomic mass is 10.1. The molecule has 0 radical (unpaired) electrons. The smallest absolute Gasteiger partial charge is 0.266 e. The summed E-state index contributed by atoms with van der Waals surface area (Å²) in [5, 5.41) is 4.11.